The molecule has 2 rings (SSSR count). The van der Waals surface area contributed by atoms with Crippen molar-refractivity contribution in [3.05, 3.63) is 30.3 Å². The maximum absolute atomic E-state index is 6.03. The summed E-state index contributed by atoms with van der Waals surface area (Å²) in [6.45, 7) is 8.67. The zero-order chi connectivity index (χ0) is 11.7. The first-order valence-corrected chi connectivity index (χ1v) is 5.42. The molecule has 1 radical (unpaired) electrons. The summed E-state index contributed by atoms with van der Waals surface area (Å²) >= 11 is 0. The molecule has 0 spiro atoms. The molecule has 2 aromatic rings. The Balaban J connectivity index is 2.54. The molecule has 0 bridgehead atoms. The molecule has 0 saturated heterocycles. The van der Waals surface area contributed by atoms with E-state index in [4.69, 9.17) is 5.73 Å². The Hall–Kier alpha value is -1.71. The standard InChI is InChI=1S/C12H17N4/c1-4-7-14-12-11(13)10-6-5-8(2)9(3)16(10)15-12/h5-6H,1,4,7,13H2,2-3H3,(H,14,15). The van der Waals surface area contributed by atoms with Gasteiger partial charge in [0.1, 0.15) is 5.69 Å². The van der Waals surface area contributed by atoms with Gasteiger partial charge in [0.2, 0.25) is 0 Å². The van der Waals surface area contributed by atoms with Gasteiger partial charge in [-0.1, -0.05) is 13.0 Å². The minimum atomic E-state index is 0.705. The van der Waals surface area contributed by atoms with Gasteiger partial charge in [-0.25, -0.2) is 4.52 Å². The number of nitrogen functional groups attached to an aromatic ring is 1. The van der Waals surface area contributed by atoms with E-state index in [0.29, 0.717) is 5.69 Å². The van der Waals surface area contributed by atoms with Crippen LogP contribution in [0.5, 0.6) is 0 Å². The minimum Gasteiger partial charge on any atom is -0.394 e. The van der Waals surface area contributed by atoms with Gasteiger partial charge in [0, 0.05) is 12.2 Å². The number of anilines is 2. The van der Waals surface area contributed by atoms with Gasteiger partial charge in [0.05, 0.1) is 5.52 Å². The highest BCUT2D eigenvalue weighted by molar-refractivity contribution is 5.81. The number of pyridine rings is 1. The number of nitrogens with two attached hydrogens (primary N) is 1. The maximum atomic E-state index is 6.03. The second-order valence-electron chi connectivity index (χ2n) is 3.94. The summed E-state index contributed by atoms with van der Waals surface area (Å²) in [7, 11) is 0. The van der Waals surface area contributed by atoms with E-state index in [0.717, 1.165) is 30.0 Å². The largest absolute Gasteiger partial charge is 0.394 e. The second kappa shape index (κ2) is 4.04. The molecule has 0 aliphatic rings. The molecule has 0 saturated carbocycles. The lowest BCUT2D eigenvalue weighted by atomic mass is 10.2. The van der Waals surface area contributed by atoms with E-state index in [1.54, 1.807) is 0 Å². The smallest absolute Gasteiger partial charge is 0.172 e. The molecule has 0 aliphatic heterocycles. The van der Waals surface area contributed by atoms with Crippen molar-refractivity contribution in [2.45, 2.75) is 20.3 Å². The fourth-order valence-electron chi connectivity index (χ4n) is 1.69. The molecule has 0 atom stereocenters. The van der Waals surface area contributed by atoms with Crippen LogP contribution in [0, 0.1) is 20.8 Å². The van der Waals surface area contributed by atoms with Crippen molar-refractivity contribution in [1.82, 2.24) is 9.61 Å². The van der Waals surface area contributed by atoms with Crippen molar-refractivity contribution in [2.75, 3.05) is 17.6 Å². The Morgan fingerprint density at radius 3 is 2.88 bits per heavy atom. The Morgan fingerprint density at radius 2 is 2.19 bits per heavy atom. The first-order valence-electron chi connectivity index (χ1n) is 5.42. The molecule has 3 N–H and O–H groups in total. The minimum absolute atomic E-state index is 0.705. The van der Waals surface area contributed by atoms with Gasteiger partial charge >= 0.3 is 0 Å². The van der Waals surface area contributed by atoms with Crippen LogP contribution in [0.3, 0.4) is 0 Å². The molecule has 4 heteroatoms. The molecular formula is C12H17N4. The van der Waals surface area contributed by atoms with Crippen LogP contribution in [0.25, 0.3) is 5.52 Å². The third-order valence-corrected chi connectivity index (χ3v) is 2.81. The summed E-state index contributed by atoms with van der Waals surface area (Å²) in [5.41, 5.74) is 10.0. The van der Waals surface area contributed by atoms with Crippen LogP contribution in [0.1, 0.15) is 17.7 Å². The average molecular weight is 217 g/mol. The summed E-state index contributed by atoms with van der Waals surface area (Å²) in [6, 6.07) is 4.06. The first-order chi connectivity index (χ1) is 7.65. The van der Waals surface area contributed by atoms with E-state index in [2.05, 4.69) is 30.3 Å². The van der Waals surface area contributed by atoms with E-state index >= 15 is 0 Å². The Kier molecular flexibility index (Phi) is 2.73. The van der Waals surface area contributed by atoms with Gasteiger partial charge in [0.25, 0.3) is 0 Å². The Labute approximate surface area is 95.5 Å². The van der Waals surface area contributed by atoms with Gasteiger partial charge in [-0.3, -0.25) is 0 Å². The number of fused-ring (bicyclic) bond motifs is 1. The number of hydrogen-bond donors (Lipinski definition) is 2. The van der Waals surface area contributed by atoms with Crippen molar-refractivity contribution in [3.8, 4) is 0 Å². The predicted octanol–water partition coefficient (Wildman–Crippen LogP) is 2.17. The van der Waals surface area contributed by atoms with Crippen LogP contribution in [0.4, 0.5) is 11.5 Å². The van der Waals surface area contributed by atoms with Crippen LogP contribution >= 0.6 is 0 Å². The molecule has 2 aromatic heterocycles. The van der Waals surface area contributed by atoms with E-state index in [9.17, 15) is 0 Å². The normalized spacial score (nSPS) is 10.9. The number of aryl methyl sites for hydroxylation is 2. The van der Waals surface area contributed by atoms with E-state index in [-0.39, 0.29) is 0 Å². The molecule has 2 heterocycles. The van der Waals surface area contributed by atoms with Crippen molar-refractivity contribution in [2.24, 2.45) is 0 Å². The van der Waals surface area contributed by atoms with E-state index < -0.39 is 0 Å². The van der Waals surface area contributed by atoms with E-state index in [1.807, 2.05) is 17.5 Å². The zero-order valence-corrected chi connectivity index (χ0v) is 9.75. The quantitative estimate of drug-likeness (QED) is 0.828. The van der Waals surface area contributed by atoms with Crippen molar-refractivity contribution in [3.63, 3.8) is 0 Å². The molecule has 0 unspecified atom stereocenters. The lowest BCUT2D eigenvalue weighted by molar-refractivity contribution is 0.896. The topological polar surface area (TPSA) is 55.4 Å². The van der Waals surface area contributed by atoms with Crippen LogP contribution < -0.4 is 11.1 Å². The number of aromatic nitrogens is 2. The van der Waals surface area contributed by atoms with Gasteiger partial charge in [-0.05, 0) is 31.9 Å². The number of rotatable bonds is 3. The third kappa shape index (κ3) is 1.60. The van der Waals surface area contributed by atoms with Gasteiger partial charge in [-0.2, -0.15) is 0 Å². The zero-order valence-electron chi connectivity index (χ0n) is 9.75. The molecule has 0 fully saturated rings. The summed E-state index contributed by atoms with van der Waals surface area (Å²) in [6.07, 6.45) is 0.811. The fraction of sp³-hybridized carbons (Fsp3) is 0.333. The molecule has 0 aliphatic carbocycles. The third-order valence-electron chi connectivity index (χ3n) is 2.81. The molecule has 16 heavy (non-hydrogen) atoms. The summed E-state index contributed by atoms with van der Waals surface area (Å²) in [5.74, 6) is 0.748. The number of hydrogen-bond acceptors (Lipinski definition) is 3. The van der Waals surface area contributed by atoms with Crippen molar-refractivity contribution < 1.29 is 0 Å². The monoisotopic (exact) mass is 217 g/mol. The van der Waals surface area contributed by atoms with Gasteiger partial charge < -0.3 is 11.1 Å². The van der Waals surface area contributed by atoms with Crippen molar-refractivity contribution in [1.29, 1.82) is 0 Å². The average Bonchev–Trinajstić information content (AvgIpc) is 2.59. The summed E-state index contributed by atoms with van der Waals surface area (Å²) in [5, 5.41) is 7.64. The SMILES string of the molecule is [CH2]CCNc1nn2c(C)c(C)ccc2c1N. The second-order valence-corrected chi connectivity index (χ2v) is 3.94. The Bertz CT molecular complexity index is 513. The first kappa shape index (κ1) is 10.8. The predicted molar refractivity (Wildman–Crippen MR) is 67.5 cm³/mol. The summed E-state index contributed by atoms with van der Waals surface area (Å²) < 4.78 is 1.89. The molecule has 4 nitrogen and oxygen atoms in total. The number of nitrogens with one attached hydrogen (secondary N) is 1. The molecule has 0 amide bonds. The fourth-order valence-corrected chi connectivity index (χ4v) is 1.69. The maximum Gasteiger partial charge on any atom is 0.172 e. The van der Waals surface area contributed by atoms with Gasteiger partial charge in [-0.15, -0.1) is 5.10 Å². The van der Waals surface area contributed by atoms with Crippen LogP contribution in [-0.4, -0.2) is 16.2 Å². The number of nitrogens with zero attached hydrogens (tertiary/aromatic N) is 2. The lowest BCUT2D eigenvalue weighted by Gasteiger charge is -2.02. The van der Waals surface area contributed by atoms with Crippen LogP contribution in [0.2, 0.25) is 0 Å². The lowest BCUT2D eigenvalue weighted by Crippen LogP contribution is -2.02. The van der Waals surface area contributed by atoms with Crippen molar-refractivity contribution >= 4 is 17.0 Å². The van der Waals surface area contributed by atoms with Crippen LogP contribution in [0.15, 0.2) is 12.1 Å². The molecular weight excluding hydrogens is 200 g/mol. The highest BCUT2D eigenvalue weighted by Gasteiger charge is 2.10. The molecule has 0 aromatic carbocycles. The Morgan fingerprint density at radius 1 is 1.44 bits per heavy atom. The summed E-state index contributed by atoms with van der Waals surface area (Å²) in [4.78, 5) is 0. The molecule has 85 valence electrons. The van der Waals surface area contributed by atoms with E-state index in [1.165, 1.54) is 5.56 Å². The highest BCUT2D eigenvalue weighted by Crippen LogP contribution is 2.24. The highest BCUT2D eigenvalue weighted by atomic mass is 15.3. The van der Waals surface area contributed by atoms with Crippen LogP contribution in [-0.2, 0) is 0 Å². The van der Waals surface area contributed by atoms with Gasteiger partial charge in [0.15, 0.2) is 5.82 Å².